The number of carbonyl (C=O) groups is 1. The fraction of sp³-hybridized carbons (Fsp3) is 0.588. The third-order valence-corrected chi connectivity index (χ3v) is 5.93. The second-order valence-corrected chi connectivity index (χ2v) is 9.03. The van der Waals surface area contributed by atoms with Gasteiger partial charge in [0.2, 0.25) is 6.29 Å². The molecule has 2 rings (SSSR count). The summed E-state index contributed by atoms with van der Waals surface area (Å²) >= 11 is 5.21. The number of ether oxygens (including phenoxy) is 2. The van der Waals surface area contributed by atoms with E-state index in [-0.39, 0.29) is 28.7 Å². The van der Waals surface area contributed by atoms with Crippen LogP contribution >= 0.6 is 27.7 Å². The predicted molar refractivity (Wildman–Crippen MR) is 92.8 cm³/mol. The van der Waals surface area contributed by atoms with E-state index in [4.69, 9.17) is 9.47 Å². The third kappa shape index (κ3) is 4.06. The summed E-state index contributed by atoms with van der Waals surface area (Å²) < 4.78 is 12.5. The van der Waals surface area contributed by atoms with Gasteiger partial charge in [0.05, 0.1) is 12.0 Å². The number of cyclic esters (lactones) is 1. The van der Waals surface area contributed by atoms with Crippen molar-refractivity contribution in [2.45, 2.75) is 57.2 Å². The summed E-state index contributed by atoms with van der Waals surface area (Å²) in [6.45, 7) is 10.0. The number of halogens is 1. The van der Waals surface area contributed by atoms with E-state index >= 15 is 0 Å². The molecular weight excluding hydrogens is 364 g/mol. The van der Waals surface area contributed by atoms with Crippen LogP contribution in [0.1, 0.15) is 34.6 Å². The molecular formula is C17H23BrO3S. The zero-order chi connectivity index (χ0) is 16.5. The smallest absolute Gasteiger partial charge is 0.315 e. The maximum Gasteiger partial charge on any atom is 0.315 e. The molecule has 1 aromatic carbocycles. The van der Waals surface area contributed by atoms with Crippen LogP contribution in [0.3, 0.4) is 0 Å². The fourth-order valence-electron chi connectivity index (χ4n) is 2.45. The van der Waals surface area contributed by atoms with Crippen LogP contribution in [0.5, 0.6) is 0 Å². The van der Waals surface area contributed by atoms with Gasteiger partial charge in [0.1, 0.15) is 0 Å². The number of carbonyl (C=O) groups excluding carboxylic acids is 1. The van der Waals surface area contributed by atoms with Crippen LogP contribution in [0.2, 0.25) is 0 Å². The van der Waals surface area contributed by atoms with E-state index in [1.54, 1.807) is 11.8 Å². The molecule has 4 atom stereocenters. The molecule has 0 aliphatic carbocycles. The van der Waals surface area contributed by atoms with E-state index in [0.717, 1.165) is 9.37 Å². The summed E-state index contributed by atoms with van der Waals surface area (Å²) in [5.41, 5.74) is -0.215. The highest BCUT2D eigenvalue weighted by Gasteiger charge is 2.44. The molecule has 1 aromatic rings. The molecule has 122 valence electrons. The van der Waals surface area contributed by atoms with Crippen LogP contribution in [-0.4, -0.2) is 23.6 Å². The lowest BCUT2D eigenvalue weighted by molar-refractivity contribution is -0.253. The Balaban J connectivity index is 2.09. The van der Waals surface area contributed by atoms with E-state index in [2.05, 4.69) is 15.9 Å². The maximum absolute atomic E-state index is 12.5. The fourth-order valence-corrected chi connectivity index (χ4v) is 4.23. The minimum Gasteiger partial charge on any atom is -0.435 e. The molecule has 1 aliphatic heterocycles. The van der Waals surface area contributed by atoms with Gasteiger partial charge in [-0.25, -0.2) is 0 Å². The third-order valence-electron chi connectivity index (χ3n) is 3.70. The predicted octanol–water partition coefficient (Wildman–Crippen LogP) is 4.88. The van der Waals surface area contributed by atoms with Crippen LogP contribution in [0.4, 0.5) is 0 Å². The van der Waals surface area contributed by atoms with Gasteiger partial charge in [-0.05, 0) is 35.0 Å². The van der Waals surface area contributed by atoms with Gasteiger partial charge in [-0.3, -0.25) is 4.79 Å². The van der Waals surface area contributed by atoms with E-state index in [1.165, 1.54) is 0 Å². The molecule has 1 heterocycles. The Hall–Kier alpha value is -0.520. The number of hydrogen-bond donors (Lipinski definition) is 0. The minimum atomic E-state index is -0.480. The van der Waals surface area contributed by atoms with Gasteiger partial charge in [0.25, 0.3) is 0 Å². The van der Waals surface area contributed by atoms with Crippen molar-refractivity contribution >= 4 is 33.7 Å². The molecule has 0 bridgehead atoms. The standard InChI is InChI=1S/C17H23BrO3S/c1-10-14(15(19)21-16(20-10)17(3,4)5)11(2)22-13-9-7-6-8-12(13)18/h6-11,14,16H,1-5H3/t10-,11+,14+,16-/m1/s1. The lowest BCUT2D eigenvalue weighted by Gasteiger charge is -2.41. The number of thioether (sulfide) groups is 1. The monoisotopic (exact) mass is 386 g/mol. The second kappa shape index (κ2) is 6.93. The van der Waals surface area contributed by atoms with Crippen molar-refractivity contribution in [3.63, 3.8) is 0 Å². The number of esters is 1. The Kier molecular flexibility index (Phi) is 5.62. The van der Waals surface area contributed by atoms with Crippen LogP contribution in [0.25, 0.3) is 0 Å². The topological polar surface area (TPSA) is 35.5 Å². The summed E-state index contributed by atoms with van der Waals surface area (Å²) in [5, 5.41) is 0.0714. The minimum absolute atomic E-state index is 0.0714. The van der Waals surface area contributed by atoms with E-state index in [0.29, 0.717) is 0 Å². The van der Waals surface area contributed by atoms with E-state index < -0.39 is 6.29 Å². The average molecular weight is 387 g/mol. The molecule has 1 fully saturated rings. The van der Waals surface area contributed by atoms with Gasteiger partial charge in [0, 0.05) is 20.0 Å². The van der Waals surface area contributed by atoms with Crippen molar-refractivity contribution < 1.29 is 14.3 Å². The highest BCUT2D eigenvalue weighted by molar-refractivity contribution is 9.10. The van der Waals surface area contributed by atoms with Crippen molar-refractivity contribution in [3.05, 3.63) is 28.7 Å². The van der Waals surface area contributed by atoms with Gasteiger partial charge in [-0.1, -0.05) is 39.8 Å². The first-order valence-corrected chi connectivity index (χ1v) is 9.14. The van der Waals surface area contributed by atoms with Crippen LogP contribution in [-0.2, 0) is 14.3 Å². The molecule has 0 amide bonds. The number of hydrogen-bond acceptors (Lipinski definition) is 4. The first-order valence-electron chi connectivity index (χ1n) is 7.47. The van der Waals surface area contributed by atoms with E-state index in [9.17, 15) is 4.79 Å². The van der Waals surface area contributed by atoms with Crippen LogP contribution in [0, 0.1) is 11.3 Å². The normalized spacial score (nSPS) is 27.4. The Labute approximate surface area is 145 Å². The van der Waals surface area contributed by atoms with Crippen molar-refractivity contribution in [1.29, 1.82) is 0 Å². The van der Waals surface area contributed by atoms with Gasteiger partial charge in [0.15, 0.2) is 0 Å². The summed E-state index contributed by atoms with van der Waals surface area (Å²) in [6, 6.07) is 8.02. The Morgan fingerprint density at radius 2 is 1.91 bits per heavy atom. The molecule has 1 saturated heterocycles. The van der Waals surface area contributed by atoms with Gasteiger partial charge < -0.3 is 9.47 Å². The lowest BCUT2D eigenvalue weighted by atomic mass is 9.92. The largest absolute Gasteiger partial charge is 0.435 e. The first kappa shape index (κ1) is 17.8. The molecule has 22 heavy (non-hydrogen) atoms. The molecule has 0 radical (unpaired) electrons. The Bertz CT molecular complexity index is 541. The Morgan fingerprint density at radius 1 is 1.27 bits per heavy atom. The molecule has 5 heteroatoms. The summed E-state index contributed by atoms with van der Waals surface area (Å²) in [7, 11) is 0. The molecule has 0 N–H and O–H groups in total. The summed E-state index contributed by atoms with van der Waals surface area (Å²) in [6.07, 6.45) is -0.637. The molecule has 1 aliphatic rings. The summed E-state index contributed by atoms with van der Waals surface area (Å²) in [4.78, 5) is 13.6. The van der Waals surface area contributed by atoms with Gasteiger partial charge in [-0.2, -0.15) is 0 Å². The Morgan fingerprint density at radius 3 is 2.45 bits per heavy atom. The second-order valence-electron chi connectivity index (χ2n) is 6.76. The van der Waals surface area contributed by atoms with Crippen molar-refractivity contribution in [1.82, 2.24) is 0 Å². The molecule has 0 saturated carbocycles. The molecule has 0 spiro atoms. The maximum atomic E-state index is 12.5. The zero-order valence-electron chi connectivity index (χ0n) is 13.6. The van der Waals surface area contributed by atoms with Crippen molar-refractivity contribution in [3.8, 4) is 0 Å². The SMILES string of the molecule is C[C@H](Sc1ccccc1Br)[C@H]1C(=O)O[C@H](C(C)(C)C)O[C@@H]1C. The average Bonchev–Trinajstić information content (AvgIpc) is 2.39. The van der Waals surface area contributed by atoms with Crippen LogP contribution in [0.15, 0.2) is 33.6 Å². The van der Waals surface area contributed by atoms with Gasteiger partial charge in [-0.15, -0.1) is 11.8 Å². The molecule has 3 nitrogen and oxygen atoms in total. The lowest BCUT2D eigenvalue weighted by Crippen LogP contribution is -2.50. The highest BCUT2D eigenvalue weighted by atomic mass is 79.9. The molecule has 0 unspecified atom stereocenters. The number of rotatable bonds is 3. The summed E-state index contributed by atoms with van der Waals surface area (Å²) in [5.74, 6) is -0.429. The number of benzene rings is 1. The first-order chi connectivity index (χ1) is 10.2. The van der Waals surface area contributed by atoms with Crippen LogP contribution < -0.4 is 0 Å². The highest BCUT2D eigenvalue weighted by Crippen LogP contribution is 2.39. The van der Waals surface area contributed by atoms with E-state index in [1.807, 2.05) is 58.9 Å². The molecule has 0 aromatic heterocycles. The van der Waals surface area contributed by atoms with Crippen molar-refractivity contribution in [2.75, 3.05) is 0 Å². The van der Waals surface area contributed by atoms with Crippen molar-refractivity contribution in [2.24, 2.45) is 11.3 Å². The van der Waals surface area contributed by atoms with Gasteiger partial charge >= 0.3 is 5.97 Å². The quantitative estimate of drug-likeness (QED) is 0.547. The zero-order valence-corrected chi connectivity index (χ0v) is 16.0.